The van der Waals surface area contributed by atoms with Crippen LogP contribution in [-0.2, 0) is 13.1 Å². The zero-order chi connectivity index (χ0) is 40.7. The molecule has 0 radical (unpaired) electrons. The largest absolute Gasteiger partial charge is 0.496 e. The van der Waals surface area contributed by atoms with Crippen molar-refractivity contribution in [1.29, 1.82) is 0 Å². The molecule has 1 fully saturated rings. The van der Waals surface area contributed by atoms with Crippen molar-refractivity contribution in [2.45, 2.75) is 57.8 Å². The number of carbonyl (C=O) groups excluding carboxylic acids is 2. The van der Waals surface area contributed by atoms with Gasteiger partial charge in [0.05, 0.1) is 31.9 Å². The Morgan fingerprint density at radius 2 is 1.26 bits per heavy atom. The molecule has 7 aromatic rings. The number of nitrogens with zero attached hydrogens (tertiary/aromatic N) is 3. The topological polar surface area (TPSA) is 62.7 Å². The van der Waals surface area contributed by atoms with Gasteiger partial charge in [-0.05, 0) is 97.3 Å². The lowest BCUT2D eigenvalue weighted by atomic mass is 9.88. The van der Waals surface area contributed by atoms with Gasteiger partial charge in [-0.15, -0.1) is 22.7 Å². The number of methoxy groups -OCH3 is 1. The third-order valence-electron chi connectivity index (χ3n) is 10.9. The molecule has 3 aromatic heterocycles. The zero-order valence-electron chi connectivity index (χ0n) is 31.4. The highest BCUT2D eigenvalue weighted by Crippen LogP contribution is 2.43. The Morgan fingerprint density at radius 3 is 1.84 bits per heavy atom. The molecule has 13 heteroatoms. The number of hydrogen-bond acceptors (Lipinski definition) is 6. The maximum absolute atomic E-state index is 15.1. The number of ether oxygens (including phenoxy) is 1. The molecule has 0 bridgehead atoms. The van der Waals surface area contributed by atoms with Crippen LogP contribution in [0.2, 0.25) is 10.0 Å². The van der Waals surface area contributed by atoms with E-state index in [1.165, 1.54) is 6.07 Å². The lowest BCUT2D eigenvalue weighted by Gasteiger charge is -2.41. The molecule has 296 valence electrons. The van der Waals surface area contributed by atoms with Crippen molar-refractivity contribution in [2.75, 3.05) is 7.11 Å². The third-order valence-corrected chi connectivity index (χ3v) is 14.3. The summed E-state index contributed by atoms with van der Waals surface area (Å²) in [6.45, 7) is 2.25. The van der Waals surface area contributed by atoms with Crippen LogP contribution in [0, 0.1) is 24.4 Å². The highest BCUT2D eigenvalue weighted by atomic mass is 35.5. The summed E-state index contributed by atoms with van der Waals surface area (Å²) in [7, 11) is 1.58. The van der Waals surface area contributed by atoms with Gasteiger partial charge in [-0.2, -0.15) is 0 Å². The van der Waals surface area contributed by atoms with E-state index in [2.05, 4.69) is 4.98 Å². The van der Waals surface area contributed by atoms with E-state index >= 15 is 4.39 Å². The lowest BCUT2D eigenvalue weighted by Crippen LogP contribution is -2.47. The number of carbonyl (C=O) groups is 2. The quantitative estimate of drug-likeness (QED) is 0.137. The third kappa shape index (κ3) is 7.56. The molecule has 0 unspecified atom stereocenters. The fraction of sp³-hybridized carbons (Fsp3) is 0.222. The molecule has 8 rings (SSSR count). The average Bonchev–Trinajstić information content (AvgIpc) is 3.80. The molecule has 0 aliphatic heterocycles. The zero-order valence-corrected chi connectivity index (χ0v) is 34.6. The fourth-order valence-corrected chi connectivity index (χ4v) is 11.1. The van der Waals surface area contributed by atoms with Crippen LogP contribution in [0.3, 0.4) is 0 Å². The van der Waals surface area contributed by atoms with Crippen molar-refractivity contribution in [2.24, 2.45) is 0 Å². The van der Waals surface area contributed by atoms with Crippen LogP contribution in [0.1, 0.15) is 61.7 Å². The van der Waals surface area contributed by atoms with Crippen molar-refractivity contribution in [1.82, 2.24) is 14.8 Å². The number of halogens is 5. The average molecular weight is 859 g/mol. The van der Waals surface area contributed by atoms with Crippen molar-refractivity contribution in [3.8, 4) is 16.9 Å². The van der Waals surface area contributed by atoms with Gasteiger partial charge in [-0.25, -0.2) is 13.2 Å². The maximum Gasteiger partial charge on any atom is 0.266 e. The minimum Gasteiger partial charge on any atom is -0.496 e. The Kier molecular flexibility index (Phi) is 11.5. The van der Waals surface area contributed by atoms with Crippen molar-refractivity contribution < 1.29 is 27.5 Å². The molecule has 1 aliphatic rings. The van der Waals surface area contributed by atoms with Gasteiger partial charge < -0.3 is 14.5 Å². The van der Waals surface area contributed by atoms with E-state index in [4.69, 9.17) is 27.9 Å². The Labute approximate surface area is 351 Å². The molecular weight excluding hydrogens is 823 g/mol. The van der Waals surface area contributed by atoms with Gasteiger partial charge in [0.1, 0.15) is 33.0 Å². The first-order valence-corrected chi connectivity index (χ1v) is 21.1. The molecule has 0 spiro atoms. The number of thiophene rings is 2. The normalized spacial score (nSPS) is 15.5. The van der Waals surface area contributed by atoms with E-state index in [1.807, 2.05) is 67.6 Å². The van der Waals surface area contributed by atoms with E-state index in [0.29, 0.717) is 41.5 Å². The van der Waals surface area contributed by atoms with Crippen LogP contribution < -0.4 is 4.74 Å². The number of hydrogen-bond donors (Lipinski definition) is 0. The predicted molar refractivity (Wildman–Crippen MR) is 227 cm³/mol. The van der Waals surface area contributed by atoms with E-state index in [0.717, 1.165) is 62.6 Å². The first-order valence-electron chi connectivity index (χ1n) is 18.7. The van der Waals surface area contributed by atoms with E-state index in [1.54, 1.807) is 35.4 Å². The summed E-state index contributed by atoms with van der Waals surface area (Å²) >= 11 is 15.5. The fourth-order valence-electron chi connectivity index (χ4n) is 7.93. The number of aromatic nitrogens is 1. The number of amides is 2. The monoisotopic (exact) mass is 857 g/mol. The second kappa shape index (κ2) is 16.7. The molecule has 4 aromatic carbocycles. The van der Waals surface area contributed by atoms with Crippen LogP contribution in [0.25, 0.3) is 31.3 Å². The molecule has 58 heavy (non-hydrogen) atoms. The minimum absolute atomic E-state index is 0.00993. The van der Waals surface area contributed by atoms with Crippen molar-refractivity contribution in [3.63, 3.8) is 0 Å². The minimum atomic E-state index is -0.698. The number of benzene rings is 4. The summed E-state index contributed by atoms with van der Waals surface area (Å²) in [6.07, 6.45) is 5.49. The summed E-state index contributed by atoms with van der Waals surface area (Å²) in [4.78, 5) is 37.4. The Balaban J connectivity index is 1.14. The summed E-state index contributed by atoms with van der Waals surface area (Å²) in [5.41, 5.74) is 4.28. The van der Waals surface area contributed by atoms with Crippen LogP contribution in [-0.4, -0.2) is 45.8 Å². The first-order chi connectivity index (χ1) is 28.0. The highest BCUT2D eigenvalue weighted by Gasteiger charge is 2.37. The lowest BCUT2D eigenvalue weighted by molar-refractivity contribution is 0.0460. The summed E-state index contributed by atoms with van der Waals surface area (Å²) in [6, 6.07) is 23.6. The molecule has 6 nitrogen and oxygen atoms in total. The summed E-state index contributed by atoms with van der Waals surface area (Å²) < 4.78 is 51.0. The molecule has 1 saturated carbocycles. The Hall–Kier alpha value is -4.94. The van der Waals surface area contributed by atoms with E-state index in [9.17, 15) is 18.4 Å². The molecule has 0 atom stereocenters. The second-order valence-electron chi connectivity index (χ2n) is 14.4. The molecule has 1 aliphatic carbocycles. The summed E-state index contributed by atoms with van der Waals surface area (Å²) in [5, 5.41) is 0.517. The van der Waals surface area contributed by atoms with E-state index in [-0.39, 0.29) is 61.0 Å². The van der Waals surface area contributed by atoms with Crippen LogP contribution in [0.5, 0.6) is 5.75 Å². The van der Waals surface area contributed by atoms with Crippen LogP contribution in [0.4, 0.5) is 13.2 Å². The summed E-state index contributed by atoms with van der Waals surface area (Å²) in [5.74, 6) is -1.95. The van der Waals surface area contributed by atoms with Crippen molar-refractivity contribution in [3.05, 3.63) is 151 Å². The first kappa shape index (κ1) is 39.9. The molecular formula is C45H36Cl2F3N3O3S2. The van der Waals surface area contributed by atoms with Crippen LogP contribution in [0.15, 0.2) is 97.3 Å². The number of rotatable bonds is 10. The molecule has 0 saturated heterocycles. The predicted octanol–water partition coefficient (Wildman–Crippen LogP) is 12.5. The number of aryl methyl sites for hydroxylation is 1. The van der Waals surface area contributed by atoms with Gasteiger partial charge >= 0.3 is 0 Å². The highest BCUT2D eigenvalue weighted by molar-refractivity contribution is 7.22. The maximum atomic E-state index is 15.1. The standard InChI is InChI=1S/C45H36Cl2F3N3O3S2/c1-25-8-14-33(49)40-36(25)38(46)42(57-40)45(55)53(24-29-22-28(9-17-35(29)56-2)27-18-20-51-21-19-27)31-12-10-30(11-13-31)52(23-26-6-4-3-5-7-26)44(54)43-39(47)37-32(48)15-16-34(50)41(37)58-43/h3-9,14-22,30-31H,10-13,23-24H2,1-2H3. The van der Waals surface area contributed by atoms with Gasteiger partial charge in [0, 0.05) is 48.5 Å². The van der Waals surface area contributed by atoms with Gasteiger partial charge in [-0.1, -0.05) is 65.7 Å². The van der Waals surface area contributed by atoms with Gasteiger partial charge in [0.15, 0.2) is 0 Å². The second-order valence-corrected chi connectivity index (χ2v) is 17.2. The van der Waals surface area contributed by atoms with Gasteiger partial charge in [0.25, 0.3) is 11.8 Å². The van der Waals surface area contributed by atoms with E-state index < -0.39 is 23.4 Å². The van der Waals surface area contributed by atoms with Crippen molar-refractivity contribution >= 4 is 77.9 Å². The number of pyridine rings is 1. The van der Waals surface area contributed by atoms with Crippen LogP contribution >= 0.6 is 45.9 Å². The Morgan fingerprint density at radius 1 is 0.707 bits per heavy atom. The van der Waals surface area contributed by atoms with Gasteiger partial charge in [-0.3, -0.25) is 14.6 Å². The smallest absolute Gasteiger partial charge is 0.266 e. The van der Waals surface area contributed by atoms with Gasteiger partial charge in [0.2, 0.25) is 0 Å². The SMILES string of the molecule is COc1ccc(-c2ccncc2)cc1CN(C(=O)c1sc2c(F)ccc(C)c2c1Cl)C1CCC(N(Cc2ccccc2)C(=O)c2sc3c(F)ccc(F)c3c2Cl)CC1. The Bertz CT molecular complexity index is 2670. The molecule has 3 heterocycles. The molecule has 0 N–H and O–H groups in total. The molecule has 2 amide bonds. The number of fused-ring (bicyclic) bond motifs is 2.